The van der Waals surface area contributed by atoms with Crippen LogP contribution in [-0.2, 0) is 28.5 Å². The van der Waals surface area contributed by atoms with Crippen LogP contribution in [0.4, 0.5) is 0 Å². The summed E-state index contributed by atoms with van der Waals surface area (Å²) in [5.74, 6) is 1.34. The lowest BCUT2D eigenvalue weighted by Crippen LogP contribution is -2.34. The Bertz CT molecular complexity index is 808. The van der Waals surface area contributed by atoms with Crippen LogP contribution in [0.15, 0.2) is 24.3 Å². The van der Waals surface area contributed by atoms with Crippen LogP contribution in [-0.4, -0.2) is 62.3 Å². The van der Waals surface area contributed by atoms with Gasteiger partial charge in [0.2, 0.25) is 0 Å². The normalized spacial score (nSPS) is 35.1. The van der Waals surface area contributed by atoms with Crippen molar-refractivity contribution in [1.82, 2.24) is 0 Å². The third-order valence-electron chi connectivity index (χ3n) is 9.93. The van der Waals surface area contributed by atoms with E-state index in [4.69, 9.17) is 23.7 Å². The highest BCUT2D eigenvalue weighted by Gasteiger charge is 2.43. The van der Waals surface area contributed by atoms with E-state index in [-0.39, 0.29) is 42.6 Å². The maximum absolute atomic E-state index is 11.4. The van der Waals surface area contributed by atoms with E-state index in [0.717, 1.165) is 76.9 Å². The number of unbranched alkanes of at least 4 members (excludes halogenated alkanes) is 1. The van der Waals surface area contributed by atoms with Crippen molar-refractivity contribution >= 4 is 5.97 Å². The lowest BCUT2D eigenvalue weighted by Gasteiger charge is -2.35. The molecule has 7 atom stereocenters. The number of ether oxygens (including phenoxy) is 5. The number of aliphatic hydroxyl groups excluding tert-OH is 1. The molecule has 1 N–H and O–H groups in total. The maximum atomic E-state index is 11.4. The first-order valence-corrected chi connectivity index (χ1v) is 17.2. The first kappa shape index (κ1) is 33.6. The molecule has 2 unspecified atom stereocenters. The largest absolute Gasteiger partial charge is 0.469 e. The number of aliphatic hydroxyl groups is 1. The molecule has 2 saturated heterocycles. The topological polar surface area (TPSA) is 83.5 Å². The van der Waals surface area contributed by atoms with E-state index in [0.29, 0.717) is 18.8 Å². The van der Waals surface area contributed by atoms with Crippen LogP contribution in [0.2, 0.25) is 0 Å². The average Bonchev–Trinajstić information content (AvgIpc) is 3.31. The van der Waals surface area contributed by atoms with Crippen molar-refractivity contribution in [2.24, 2.45) is 23.7 Å². The summed E-state index contributed by atoms with van der Waals surface area (Å²) >= 11 is 0. The monoisotopic (exact) mass is 590 g/mol. The summed E-state index contributed by atoms with van der Waals surface area (Å²) in [5, 5.41) is 11.2. The minimum atomic E-state index is -0.432. The minimum absolute atomic E-state index is 0.0227. The Hall–Kier alpha value is -1.25. The van der Waals surface area contributed by atoms with Crippen LogP contribution < -0.4 is 0 Å². The molecule has 0 bridgehead atoms. The van der Waals surface area contributed by atoms with Crippen molar-refractivity contribution in [1.29, 1.82) is 0 Å². The van der Waals surface area contributed by atoms with Gasteiger partial charge in [-0.2, -0.15) is 0 Å². The highest BCUT2D eigenvalue weighted by molar-refractivity contribution is 5.69. The second-order valence-electron chi connectivity index (χ2n) is 13.0. The van der Waals surface area contributed by atoms with Crippen LogP contribution in [0.25, 0.3) is 0 Å². The van der Waals surface area contributed by atoms with Crippen molar-refractivity contribution in [3.05, 3.63) is 24.3 Å². The molecular formula is C35H58O7. The maximum Gasteiger partial charge on any atom is 0.305 e. The van der Waals surface area contributed by atoms with Gasteiger partial charge in [0, 0.05) is 32.0 Å². The molecule has 7 heteroatoms. The van der Waals surface area contributed by atoms with Gasteiger partial charge in [-0.3, -0.25) is 4.79 Å². The highest BCUT2D eigenvalue weighted by Crippen LogP contribution is 2.41. The molecule has 4 rings (SSSR count). The quantitative estimate of drug-likeness (QED) is 0.122. The molecule has 7 nitrogen and oxygen atoms in total. The van der Waals surface area contributed by atoms with E-state index in [1.54, 1.807) is 0 Å². The second-order valence-corrected chi connectivity index (χ2v) is 13.0. The molecule has 2 aliphatic carbocycles. The van der Waals surface area contributed by atoms with E-state index in [1.807, 2.05) is 0 Å². The van der Waals surface area contributed by atoms with Gasteiger partial charge >= 0.3 is 5.97 Å². The predicted octanol–water partition coefficient (Wildman–Crippen LogP) is 7.26. The standard InChI is InChI=1S/C35H58O7/c1-3-12-26-17-19-27(20-18-26)31(41-34-15-8-10-23-39-34)22-21-29-28(13-6-4-5-7-14-33(37)38-2)30(36)25-32(29)42-35-16-9-11-24-40-35/h4,6,21-22,26-32,34-36H,3,5,7-20,23-25H2,1-2H3/b6-4-,22-21+/t26?,27?,28-,29-,30+,31-,32-,34?,35?/m1/s1. The van der Waals surface area contributed by atoms with Crippen LogP contribution in [0, 0.1) is 23.7 Å². The number of carbonyl (C=O) groups excluding carboxylic acids is 1. The van der Waals surface area contributed by atoms with Crippen LogP contribution in [0.3, 0.4) is 0 Å². The Labute approximate surface area is 254 Å². The van der Waals surface area contributed by atoms with Gasteiger partial charge in [-0.25, -0.2) is 0 Å². The number of carbonyl (C=O) groups is 1. The lowest BCUT2D eigenvalue weighted by molar-refractivity contribution is -0.193. The molecule has 2 aliphatic heterocycles. The van der Waals surface area contributed by atoms with Gasteiger partial charge in [0.25, 0.3) is 0 Å². The molecule has 4 fully saturated rings. The van der Waals surface area contributed by atoms with Gasteiger partial charge in [0.15, 0.2) is 12.6 Å². The van der Waals surface area contributed by atoms with Crippen LogP contribution >= 0.6 is 0 Å². The lowest BCUT2D eigenvalue weighted by atomic mass is 9.77. The summed E-state index contributed by atoms with van der Waals surface area (Å²) in [6.45, 7) is 3.82. The Kier molecular flexibility index (Phi) is 14.8. The highest BCUT2D eigenvalue weighted by atomic mass is 16.7. The zero-order valence-corrected chi connectivity index (χ0v) is 26.3. The van der Waals surface area contributed by atoms with Gasteiger partial charge in [-0.15, -0.1) is 0 Å². The van der Waals surface area contributed by atoms with Crippen molar-refractivity contribution < 1.29 is 33.6 Å². The number of rotatable bonds is 15. The molecule has 42 heavy (non-hydrogen) atoms. The summed E-state index contributed by atoms with van der Waals surface area (Å²) < 4.78 is 30.0. The Morgan fingerprint density at radius 2 is 1.71 bits per heavy atom. The zero-order chi connectivity index (χ0) is 29.6. The number of allylic oxidation sites excluding steroid dienone is 2. The third-order valence-corrected chi connectivity index (χ3v) is 9.93. The number of hydrogen-bond donors (Lipinski definition) is 1. The first-order valence-electron chi connectivity index (χ1n) is 17.2. The van der Waals surface area contributed by atoms with Gasteiger partial charge in [0.1, 0.15) is 0 Å². The van der Waals surface area contributed by atoms with E-state index >= 15 is 0 Å². The van der Waals surface area contributed by atoms with Crippen molar-refractivity contribution in [2.75, 3.05) is 20.3 Å². The van der Waals surface area contributed by atoms with Crippen molar-refractivity contribution in [3.8, 4) is 0 Å². The molecule has 2 saturated carbocycles. The zero-order valence-electron chi connectivity index (χ0n) is 26.3. The van der Waals surface area contributed by atoms with E-state index in [2.05, 4.69) is 31.2 Å². The van der Waals surface area contributed by atoms with Gasteiger partial charge in [-0.05, 0) is 88.4 Å². The fourth-order valence-electron chi connectivity index (χ4n) is 7.44. The molecule has 0 aromatic rings. The molecule has 2 heterocycles. The smallest absolute Gasteiger partial charge is 0.305 e. The fourth-order valence-corrected chi connectivity index (χ4v) is 7.44. The summed E-state index contributed by atoms with van der Waals surface area (Å²) in [6, 6.07) is 0. The number of esters is 1. The van der Waals surface area contributed by atoms with Gasteiger partial charge in [0.05, 0.1) is 25.4 Å². The second kappa shape index (κ2) is 18.5. The molecule has 240 valence electrons. The number of hydrogen-bond acceptors (Lipinski definition) is 7. The summed E-state index contributed by atoms with van der Waals surface area (Å²) in [5.41, 5.74) is 0. The van der Waals surface area contributed by atoms with Gasteiger partial charge in [-0.1, -0.05) is 56.9 Å². The van der Waals surface area contributed by atoms with Crippen LogP contribution in [0.1, 0.15) is 116 Å². The number of methoxy groups -OCH3 is 1. The summed E-state index contributed by atoms with van der Waals surface area (Å²) in [4.78, 5) is 11.4. The predicted molar refractivity (Wildman–Crippen MR) is 164 cm³/mol. The minimum Gasteiger partial charge on any atom is -0.469 e. The third kappa shape index (κ3) is 10.7. The first-order chi connectivity index (χ1) is 20.6. The molecule has 0 aromatic carbocycles. The SMILES string of the molecule is CCCC1CCC([C@@H](/C=C/[C@@H]2[C@@H](C/C=C\CCCC(=O)OC)[C@@H](O)C[C@H]2OC2CCCCO2)OC2CCCCO2)CC1. The summed E-state index contributed by atoms with van der Waals surface area (Å²) in [7, 11) is 1.43. The van der Waals surface area contributed by atoms with E-state index in [1.165, 1.54) is 45.6 Å². The van der Waals surface area contributed by atoms with Crippen molar-refractivity contribution in [3.63, 3.8) is 0 Å². The van der Waals surface area contributed by atoms with Gasteiger partial charge < -0.3 is 28.8 Å². The van der Waals surface area contributed by atoms with E-state index < -0.39 is 6.10 Å². The van der Waals surface area contributed by atoms with Crippen LogP contribution in [0.5, 0.6) is 0 Å². The fraction of sp³-hybridized carbons (Fsp3) is 0.857. The molecule has 0 aromatic heterocycles. The molecule has 0 amide bonds. The Morgan fingerprint density at radius 1 is 0.976 bits per heavy atom. The molecular weight excluding hydrogens is 532 g/mol. The molecule has 0 radical (unpaired) electrons. The van der Waals surface area contributed by atoms with E-state index in [9.17, 15) is 9.90 Å². The molecule has 0 spiro atoms. The average molecular weight is 591 g/mol. The Morgan fingerprint density at radius 3 is 2.38 bits per heavy atom. The molecule has 4 aliphatic rings. The Balaban J connectivity index is 1.45. The summed E-state index contributed by atoms with van der Waals surface area (Å²) in [6.07, 6.45) is 25.5. The van der Waals surface area contributed by atoms with Crippen molar-refractivity contribution in [2.45, 2.75) is 147 Å².